The highest BCUT2D eigenvalue weighted by molar-refractivity contribution is 4.77. The van der Waals surface area contributed by atoms with E-state index < -0.39 is 0 Å². The fourth-order valence-corrected chi connectivity index (χ4v) is 3.49. The predicted molar refractivity (Wildman–Crippen MR) is 72.2 cm³/mol. The van der Waals surface area contributed by atoms with Crippen LogP contribution in [-0.2, 0) is 4.74 Å². The van der Waals surface area contributed by atoms with E-state index in [-0.39, 0.29) is 0 Å². The van der Waals surface area contributed by atoms with Crippen LogP contribution in [-0.4, -0.2) is 25.3 Å². The predicted octanol–water partition coefficient (Wildman–Crippen LogP) is 3.50. The van der Waals surface area contributed by atoms with Crippen molar-refractivity contribution in [3.05, 3.63) is 0 Å². The molecule has 0 aromatic rings. The molecule has 3 atom stereocenters. The molecular formula is C15H29NO. The maximum absolute atomic E-state index is 5.73. The van der Waals surface area contributed by atoms with Crippen molar-refractivity contribution in [3.8, 4) is 0 Å². The van der Waals surface area contributed by atoms with Crippen molar-refractivity contribution >= 4 is 0 Å². The van der Waals surface area contributed by atoms with Gasteiger partial charge in [0.25, 0.3) is 0 Å². The van der Waals surface area contributed by atoms with Gasteiger partial charge in [-0.05, 0) is 51.0 Å². The maximum Gasteiger partial charge on any atom is 0.0576 e. The van der Waals surface area contributed by atoms with Crippen molar-refractivity contribution in [2.75, 3.05) is 13.2 Å². The molecule has 100 valence electrons. The lowest BCUT2D eigenvalue weighted by molar-refractivity contribution is 0.0968. The molecule has 2 nitrogen and oxygen atoms in total. The number of hydrogen-bond donors (Lipinski definition) is 1. The zero-order chi connectivity index (χ0) is 11.9. The normalized spacial score (nSPS) is 34.8. The quantitative estimate of drug-likeness (QED) is 0.741. The Morgan fingerprint density at radius 3 is 2.71 bits per heavy atom. The maximum atomic E-state index is 5.73. The van der Waals surface area contributed by atoms with Gasteiger partial charge in [-0.3, -0.25) is 0 Å². The fourth-order valence-electron chi connectivity index (χ4n) is 3.49. The summed E-state index contributed by atoms with van der Waals surface area (Å²) in [6.07, 6.45) is 13.0. The molecule has 2 aliphatic rings. The Morgan fingerprint density at radius 2 is 1.94 bits per heavy atom. The first-order chi connectivity index (χ1) is 8.38. The van der Waals surface area contributed by atoms with E-state index in [1.165, 1.54) is 57.8 Å². The van der Waals surface area contributed by atoms with Crippen LogP contribution in [0, 0.1) is 5.92 Å². The second kappa shape index (κ2) is 7.38. The zero-order valence-corrected chi connectivity index (χ0v) is 11.4. The summed E-state index contributed by atoms with van der Waals surface area (Å²) in [5.41, 5.74) is 0. The van der Waals surface area contributed by atoms with Crippen molar-refractivity contribution < 1.29 is 4.74 Å². The summed E-state index contributed by atoms with van der Waals surface area (Å²) in [6.45, 7) is 4.37. The highest BCUT2D eigenvalue weighted by Crippen LogP contribution is 2.29. The van der Waals surface area contributed by atoms with Gasteiger partial charge in [0.05, 0.1) is 6.10 Å². The molecule has 1 aliphatic heterocycles. The van der Waals surface area contributed by atoms with E-state index in [2.05, 4.69) is 12.2 Å². The van der Waals surface area contributed by atoms with Gasteiger partial charge in [-0.15, -0.1) is 0 Å². The Morgan fingerprint density at radius 1 is 1.06 bits per heavy atom. The van der Waals surface area contributed by atoms with Gasteiger partial charge in [-0.25, -0.2) is 0 Å². The van der Waals surface area contributed by atoms with Crippen molar-refractivity contribution in [2.45, 2.75) is 76.9 Å². The van der Waals surface area contributed by atoms with E-state index in [4.69, 9.17) is 4.74 Å². The topological polar surface area (TPSA) is 21.3 Å². The molecule has 0 spiro atoms. The van der Waals surface area contributed by atoms with Gasteiger partial charge >= 0.3 is 0 Å². The summed E-state index contributed by atoms with van der Waals surface area (Å²) in [6, 6.07) is 0.789. The van der Waals surface area contributed by atoms with Crippen LogP contribution >= 0.6 is 0 Å². The summed E-state index contributed by atoms with van der Waals surface area (Å²) in [5, 5.41) is 3.65. The van der Waals surface area contributed by atoms with E-state index in [1.54, 1.807) is 0 Å². The first kappa shape index (κ1) is 13.4. The molecular weight excluding hydrogens is 210 g/mol. The molecule has 2 fully saturated rings. The Balaban J connectivity index is 1.70. The van der Waals surface area contributed by atoms with Crippen LogP contribution in [0.3, 0.4) is 0 Å². The van der Waals surface area contributed by atoms with Crippen molar-refractivity contribution in [1.82, 2.24) is 5.32 Å². The Labute approximate surface area is 107 Å². The minimum atomic E-state index is 0.593. The molecule has 1 heterocycles. The summed E-state index contributed by atoms with van der Waals surface area (Å²) in [4.78, 5) is 0. The summed E-state index contributed by atoms with van der Waals surface area (Å²) >= 11 is 0. The van der Waals surface area contributed by atoms with E-state index >= 15 is 0 Å². The molecule has 0 radical (unpaired) electrons. The van der Waals surface area contributed by atoms with Gasteiger partial charge in [0.1, 0.15) is 0 Å². The number of ether oxygens (including phenoxy) is 1. The average molecular weight is 239 g/mol. The zero-order valence-electron chi connectivity index (χ0n) is 11.4. The van der Waals surface area contributed by atoms with Gasteiger partial charge in [-0.1, -0.05) is 26.2 Å². The van der Waals surface area contributed by atoms with Crippen molar-refractivity contribution in [1.29, 1.82) is 0 Å². The van der Waals surface area contributed by atoms with Gasteiger partial charge < -0.3 is 10.1 Å². The monoisotopic (exact) mass is 239 g/mol. The lowest BCUT2D eigenvalue weighted by atomic mass is 9.91. The van der Waals surface area contributed by atoms with Crippen molar-refractivity contribution in [3.63, 3.8) is 0 Å². The van der Waals surface area contributed by atoms with E-state index in [1.807, 2.05) is 0 Å². The summed E-state index contributed by atoms with van der Waals surface area (Å²) in [7, 11) is 0. The largest absolute Gasteiger partial charge is 0.378 e. The first-order valence-electron chi connectivity index (χ1n) is 7.73. The molecule has 2 heteroatoms. The van der Waals surface area contributed by atoms with E-state index in [0.717, 1.165) is 25.1 Å². The molecule has 0 amide bonds. The van der Waals surface area contributed by atoms with E-state index in [0.29, 0.717) is 6.10 Å². The highest BCUT2D eigenvalue weighted by atomic mass is 16.5. The van der Waals surface area contributed by atoms with Crippen LogP contribution in [0.4, 0.5) is 0 Å². The third-order valence-corrected chi connectivity index (χ3v) is 4.45. The van der Waals surface area contributed by atoms with Crippen LogP contribution in [0.5, 0.6) is 0 Å². The molecule has 2 rings (SSSR count). The Kier molecular flexibility index (Phi) is 5.79. The van der Waals surface area contributed by atoms with Gasteiger partial charge in [-0.2, -0.15) is 0 Å². The smallest absolute Gasteiger partial charge is 0.0576 e. The van der Waals surface area contributed by atoms with Crippen LogP contribution in [0.1, 0.15) is 64.7 Å². The average Bonchev–Trinajstić information content (AvgIpc) is 2.75. The van der Waals surface area contributed by atoms with Gasteiger partial charge in [0.2, 0.25) is 0 Å². The second-order valence-corrected chi connectivity index (χ2v) is 5.85. The summed E-state index contributed by atoms with van der Waals surface area (Å²) in [5.74, 6) is 0.950. The minimum absolute atomic E-state index is 0.593. The third kappa shape index (κ3) is 4.59. The molecule has 3 unspecified atom stereocenters. The standard InChI is InChI=1S/C15H29NO/c1-2-16-14-7-4-3-6-13(12-14)9-10-15-8-5-11-17-15/h13-16H,2-12H2,1H3. The summed E-state index contributed by atoms with van der Waals surface area (Å²) < 4.78 is 5.73. The first-order valence-corrected chi connectivity index (χ1v) is 7.73. The molecule has 1 aliphatic carbocycles. The molecule has 1 N–H and O–H groups in total. The molecule has 0 bridgehead atoms. The van der Waals surface area contributed by atoms with E-state index in [9.17, 15) is 0 Å². The SMILES string of the molecule is CCNC1CCCCC(CCC2CCCO2)C1. The molecule has 17 heavy (non-hydrogen) atoms. The lowest BCUT2D eigenvalue weighted by Crippen LogP contribution is -2.30. The molecule has 0 aromatic heterocycles. The number of nitrogens with one attached hydrogen (secondary N) is 1. The number of rotatable bonds is 5. The van der Waals surface area contributed by atoms with Crippen LogP contribution in [0.25, 0.3) is 0 Å². The Hall–Kier alpha value is -0.0800. The lowest BCUT2D eigenvalue weighted by Gasteiger charge is -2.21. The third-order valence-electron chi connectivity index (χ3n) is 4.45. The fraction of sp³-hybridized carbons (Fsp3) is 1.00. The van der Waals surface area contributed by atoms with Crippen LogP contribution in [0.2, 0.25) is 0 Å². The molecule has 1 saturated carbocycles. The highest BCUT2D eigenvalue weighted by Gasteiger charge is 2.22. The molecule has 0 aromatic carbocycles. The van der Waals surface area contributed by atoms with Gasteiger partial charge in [0.15, 0.2) is 0 Å². The van der Waals surface area contributed by atoms with Crippen LogP contribution in [0.15, 0.2) is 0 Å². The van der Waals surface area contributed by atoms with Crippen molar-refractivity contribution in [2.24, 2.45) is 5.92 Å². The minimum Gasteiger partial charge on any atom is -0.378 e. The second-order valence-electron chi connectivity index (χ2n) is 5.85. The van der Waals surface area contributed by atoms with Gasteiger partial charge in [0, 0.05) is 12.6 Å². The molecule has 1 saturated heterocycles. The number of hydrogen-bond acceptors (Lipinski definition) is 2. The Bertz CT molecular complexity index is 201. The van der Waals surface area contributed by atoms with Crippen LogP contribution < -0.4 is 5.32 Å².